The van der Waals surface area contributed by atoms with E-state index in [2.05, 4.69) is 4.84 Å². The molecular weight excluding hydrogens is 240 g/mol. The fraction of sp³-hybridized carbons (Fsp3) is 0.833. The monoisotopic (exact) mass is 249 g/mol. The maximum Gasteiger partial charge on any atom is 0.248 e. The summed E-state index contributed by atoms with van der Waals surface area (Å²) in [6.45, 7) is 0. The molecule has 0 saturated heterocycles. The van der Waals surface area contributed by atoms with Crippen molar-refractivity contribution in [1.29, 1.82) is 0 Å². The number of rotatable bonds is 3. The molecule has 0 unspecified atom stereocenters. The first-order valence-corrected chi connectivity index (χ1v) is 4.48. The average molecular weight is 251 g/mol. The fourth-order valence-electron chi connectivity index (χ4n) is 0.512. The van der Waals surface area contributed by atoms with E-state index in [1.165, 1.54) is 14.2 Å². The van der Waals surface area contributed by atoms with Gasteiger partial charge in [0.05, 0.1) is 13.5 Å². The summed E-state index contributed by atoms with van der Waals surface area (Å²) in [5, 5.41) is 10.1. The summed E-state index contributed by atoms with van der Waals surface area (Å²) >= 11 is 16.0. The molecule has 0 aliphatic heterocycles. The zero-order valence-corrected chi connectivity index (χ0v) is 9.40. The smallest absolute Gasteiger partial charge is 0.248 e. The van der Waals surface area contributed by atoms with E-state index in [1.54, 1.807) is 0 Å². The maximum atomic E-state index is 11.1. The first-order valence-electron chi connectivity index (χ1n) is 3.34. The number of aliphatic hydroxyl groups is 1. The van der Waals surface area contributed by atoms with Crippen LogP contribution in [-0.4, -0.2) is 40.1 Å². The lowest BCUT2D eigenvalue weighted by Crippen LogP contribution is -2.34. The largest absolute Gasteiger partial charge is 0.388 e. The van der Waals surface area contributed by atoms with Crippen molar-refractivity contribution in [2.24, 2.45) is 0 Å². The van der Waals surface area contributed by atoms with Gasteiger partial charge in [0.2, 0.25) is 9.70 Å². The number of nitrogens with zero attached hydrogens (tertiary/aromatic N) is 1. The molecule has 0 heterocycles. The Bertz CT molecular complexity index is 182. The molecule has 0 aromatic rings. The molecule has 7 heteroatoms. The lowest BCUT2D eigenvalue weighted by molar-refractivity contribution is -0.170. The van der Waals surface area contributed by atoms with Crippen LogP contribution in [-0.2, 0) is 9.63 Å². The molecule has 0 radical (unpaired) electrons. The Labute approximate surface area is 91.3 Å². The third-order valence-corrected chi connectivity index (χ3v) is 2.13. The van der Waals surface area contributed by atoms with Crippen molar-refractivity contribution in [3.05, 3.63) is 0 Å². The molecular formula is C6H10Cl3NO3. The highest BCUT2D eigenvalue weighted by atomic mass is 35.6. The van der Waals surface area contributed by atoms with E-state index in [4.69, 9.17) is 34.8 Å². The normalized spacial score (nSPS) is 14.0. The van der Waals surface area contributed by atoms with Crippen molar-refractivity contribution >= 4 is 40.7 Å². The van der Waals surface area contributed by atoms with Crippen molar-refractivity contribution in [1.82, 2.24) is 5.06 Å². The van der Waals surface area contributed by atoms with Crippen LogP contribution in [0.15, 0.2) is 0 Å². The minimum absolute atomic E-state index is 0.305. The minimum Gasteiger partial charge on any atom is -0.388 e. The first-order chi connectivity index (χ1) is 5.79. The SMILES string of the molecule is CON(C)C(=O)C[C@@H](O)C(Cl)(Cl)Cl. The first kappa shape index (κ1) is 13.3. The molecule has 1 N–H and O–H groups in total. The van der Waals surface area contributed by atoms with Gasteiger partial charge in [-0.05, 0) is 0 Å². The zero-order chi connectivity index (χ0) is 10.6. The second-order valence-corrected chi connectivity index (χ2v) is 4.70. The second kappa shape index (κ2) is 5.22. The van der Waals surface area contributed by atoms with Gasteiger partial charge < -0.3 is 5.11 Å². The number of hydrogen-bond acceptors (Lipinski definition) is 3. The van der Waals surface area contributed by atoms with E-state index >= 15 is 0 Å². The van der Waals surface area contributed by atoms with Crippen LogP contribution in [0.25, 0.3) is 0 Å². The van der Waals surface area contributed by atoms with E-state index in [0.717, 1.165) is 5.06 Å². The van der Waals surface area contributed by atoms with Gasteiger partial charge in [-0.25, -0.2) is 5.06 Å². The number of carbonyl (C=O) groups excluding carboxylic acids is 1. The van der Waals surface area contributed by atoms with Gasteiger partial charge in [-0.1, -0.05) is 34.8 Å². The quantitative estimate of drug-likeness (QED) is 0.603. The highest BCUT2D eigenvalue weighted by Crippen LogP contribution is 2.31. The lowest BCUT2D eigenvalue weighted by Gasteiger charge is -2.20. The van der Waals surface area contributed by atoms with Crippen LogP contribution in [0.2, 0.25) is 0 Å². The second-order valence-electron chi connectivity index (χ2n) is 2.34. The van der Waals surface area contributed by atoms with Crippen LogP contribution in [0.3, 0.4) is 0 Å². The van der Waals surface area contributed by atoms with E-state index in [0.29, 0.717) is 0 Å². The molecule has 0 aromatic heterocycles. The van der Waals surface area contributed by atoms with Gasteiger partial charge in [0.15, 0.2) is 0 Å². The van der Waals surface area contributed by atoms with Gasteiger partial charge in [0, 0.05) is 7.05 Å². The van der Waals surface area contributed by atoms with E-state index in [1.807, 2.05) is 0 Å². The summed E-state index contributed by atoms with van der Waals surface area (Å²) in [7, 11) is 2.72. The van der Waals surface area contributed by atoms with E-state index < -0.39 is 15.8 Å². The Balaban J connectivity index is 4.07. The molecule has 1 atom stereocenters. The number of halogens is 3. The number of hydrogen-bond donors (Lipinski definition) is 1. The van der Waals surface area contributed by atoms with Crippen molar-refractivity contribution in [3.8, 4) is 0 Å². The molecule has 1 amide bonds. The molecule has 0 bridgehead atoms. The molecule has 78 valence electrons. The molecule has 0 rings (SSSR count). The predicted octanol–water partition coefficient (Wildman–Crippen LogP) is 1.13. The van der Waals surface area contributed by atoms with Crippen LogP contribution < -0.4 is 0 Å². The molecule has 0 aromatic carbocycles. The van der Waals surface area contributed by atoms with Crippen LogP contribution >= 0.6 is 34.8 Å². The van der Waals surface area contributed by atoms with E-state index in [9.17, 15) is 9.90 Å². The molecule has 0 fully saturated rings. The third-order valence-electron chi connectivity index (χ3n) is 1.37. The summed E-state index contributed by atoms with van der Waals surface area (Å²) in [5.74, 6) is -0.471. The highest BCUT2D eigenvalue weighted by molar-refractivity contribution is 6.68. The minimum atomic E-state index is -1.86. The Morgan fingerprint density at radius 1 is 1.62 bits per heavy atom. The zero-order valence-electron chi connectivity index (χ0n) is 7.13. The highest BCUT2D eigenvalue weighted by Gasteiger charge is 2.33. The van der Waals surface area contributed by atoms with Crippen LogP contribution in [0.1, 0.15) is 6.42 Å². The Morgan fingerprint density at radius 2 is 2.08 bits per heavy atom. The molecule has 0 aliphatic carbocycles. The Morgan fingerprint density at radius 3 is 2.38 bits per heavy atom. The van der Waals surface area contributed by atoms with Crippen molar-refractivity contribution in [2.75, 3.05) is 14.2 Å². The molecule has 0 aliphatic rings. The van der Waals surface area contributed by atoms with Gasteiger partial charge in [-0.2, -0.15) is 0 Å². The van der Waals surface area contributed by atoms with Crippen molar-refractivity contribution in [2.45, 2.75) is 16.3 Å². The average Bonchev–Trinajstić information content (AvgIpc) is 2.01. The van der Waals surface area contributed by atoms with Gasteiger partial charge in [-0.3, -0.25) is 9.63 Å². The standard InChI is InChI=1S/C6H10Cl3NO3/c1-10(13-2)5(12)3-4(11)6(7,8)9/h4,11H,3H2,1-2H3/t4-/m1/s1. The van der Waals surface area contributed by atoms with Gasteiger partial charge in [-0.15, -0.1) is 0 Å². The number of amides is 1. The van der Waals surface area contributed by atoms with Crippen LogP contribution in [0.4, 0.5) is 0 Å². The van der Waals surface area contributed by atoms with Crippen molar-refractivity contribution < 1.29 is 14.7 Å². The third kappa shape index (κ3) is 4.88. The number of aliphatic hydroxyl groups excluding tert-OH is 1. The molecule has 0 spiro atoms. The van der Waals surface area contributed by atoms with Crippen molar-refractivity contribution in [3.63, 3.8) is 0 Å². The summed E-state index contributed by atoms with van der Waals surface area (Å²) < 4.78 is -1.86. The molecule has 0 saturated carbocycles. The molecule has 13 heavy (non-hydrogen) atoms. The Kier molecular flexibility index (Phi) is 5.32. The van der Waals surface area contributed by atoms with Gasteiger partial charge >= 0.3 is 0 Å². The maximum absolute atomic E-state index is 11.1. The summed E-state index contributed by atoms with van der Waals surface area (Å²) in [5.41, 5.74) is 0. The summed E-state index contributed by atoms with van der Waals surface area (Å²) in [4.78, 5) is 15.7. The predicted molar refractivity (Wildman–Crippen MR) is 50.7 cm³/mol. The number of hydroxylamine groups is 2. The summed E-state index contributed by atoms with van der Waals surface area (Å²) in [6.07, 6.45) is -1.65. The van der Waals surface area contributed by atoms with Crippen LogP contribution in [0, 0.1) is 0 Å². The summed E-state index contributed by atoms with van der Waals surface area (Å²) in [6, 6.07) is 0. The fourth-order valence-corrected chi connectivity index (χ4v) is 0.743. The van der Waals surface area contributed by atoms with E-state index in [-0.39, 0.29) is 6.42 Å². The molecule has 4 nitrogen and oxygen atoms in total. The lowest BCUT2D eigenvalue weighted by atomic mass is 10.2. The number of carbonyl (C=O) groups is 1. The van der Waals surface area contributed by atoms with Gasteiger partial charge in [0.25, 0.3) is 0 Å². The number of alkyl halides is 3. The van der Waals surface area contributed by atoms with Crippen LogP contribution in [0.5, 0.6) is 0 Å². The van der Waals surface area contributed by atoms with Gasteiger partial charge in [0.1, 0.15) is 6.10 Å². The topological polar surface area (TPSA) is 49.8 Å². The Hall–Kier alpha value is 0.260.